The molecule has 1 unspecified atom stereocenters. The second kappa shape index (κ2) is 5.91. The van der Waals surface area contributed by atoms with E-state index in [-0.39, 0.29) is 5.91 Å². The third-order valence-corrected chi connectivity index (χ3v) is 3.84. The van der Waals surface area contributed by atoms with Gasteiger partial charge in [-0.15, -0.1) is 0 Å². The minimum absolute atomic E-state index is 0.180. The van der Waals surface area contributed by atoms with Crippen molar-refractivity contribution in [3.63, 3.8) is 0 Å². The highest BCUT2D eigenvalue weighted by Gasteiger charge is 2.29. The quantitative estimate of drug-likeness (QED) is 0.745. The van der Waals surface area contributed by atoms with Crippen molar-refractivity contribution in [2.24, 2.45) is 5.92 Å². The number of nitrogens with one attached hydrogen (secondary N) is 1. The summed E-state index contributed by atoms with van der Waals surface area (Å²) in [6.45, 7) is 0.790. The normalized spacial score (nSPS) is 18.3. The van der Waals surface area contributed by atoms with Gasteiger partial charge in [0.05, 0.1) is 0 Å². The second-order valence-electron chi connectivity index (χ2n) is 3.40. The molecule has 0 aromatic heterocycles. The highest BCUT2D eigenvalue weighted by Crippen LogP contribution is 2.36. The van der Waals surface area contributed by atoms with Gasteiger partial charge in [-0.05, 0) is 25.0 Å². The molecule has 0 aromatic carbocycles. The first-order chi connectivity index (χ1) is 6.24. The number of rotatable bonds is 6. The molecule has 0 heterocycles. The molecular formula is C9H16BrNOS. The van der Waals surface area contributed by atoms with Crippen molar-refractivity contribution >= 4 is 33.6 Å². The molecular weight excluding hydrogens is 250 g/mol. The minimum Gasteiger partial charge on any atom is -0.355 e. The lowest BCUT2D eigenvalue weighted by Crippen LogP contribution is -2.30. The van der Waals surface area contributed by atoms with Crippen LogP contribution in [0.2, 0.25) is 0 Å². The first-order valence-corrected chi connectivity index (χ1v) is 6.94. The number of carbonyl (C=O) groups excluding carboxylic acids is 1. The summed E-state index contributed by atoms with van der Waals surface area (Å²) in [5.41, 5.74) is 0. The largest absolute Gasteiger partial charge is 0.355 e. The van der Waals surface area contributed by atoms with Gasteiger partial charge in [0.25, 0.3) is 0 Å². The summed E-state index contributed by atoms with van der Waals surface area (Å²) in [4.78, 5) is 11.7. The number of alkyl halides is 1. The maximum atomic E-state index is 11.2. The fraction of sp³-hybridized carbons (Fsp3) is 0.889. The Morgan fingerprint density at radius 2 is 2.38 bits per heavy atom. The summed E-state index contributed by atoms with van der Waals surface area (Å²) >= 11 is 5.29. The molecule has 1 atom stereocenters. The molecule has 4 heteroatoms. The van der Waals surface area contributed by atoms with Crippen LogP contribution in [0.1, 0.15) is 19.3 Å². The van der Waals surface area contributed by atoms with Crippen LogP contribution < -0.4 is 5.32 Å². The zero-order chi connectivity index (χ0) is 9.68. The zero-order valence-electron chi connectivity index (χ0n) is 7.88. The Bertz CT molecular complexity index is 173. The molecule has 1 aliphatic carbocycles. The van der Waals surface area contributed by atoms with Gasteiger partial charge in [0, 0.05) is 23.5 Å². The van der Waals surface area contributed by atoms with Crippen molar-refractivity contribution in [1.82, 2.24) is 5.32 Å². The van der Waals surface area contributed by atoms with Crippen LogP contribution in [-0.4, -0.2) is 29.3 Å². The summed E-state index contributed by atoms with van der Waals surface area (Å²) < 4.78 is 0. The summed E-state index contributed by atoms with van der Waals surface area (Å²) in [6.07, 6.45) is 5.30. The van der Waals surface area contributed by atoms with Crippen LogP contribution in [0.4, 0.5) is 0 Å². The Morgan fingerprint density at radius 1 is 1.69 bits per heavy atom. The monoisotopic (exact) mass is 265 g/mol. The Morgan fingerprint density at radius 3 is 2.92 bits per heavy atom. The van der Waals surface area contributed by atoms with Crippen LogP contribution >= 0.6 is 27.7 Å². The van der Waals surface area contributed by atoms with Gasteiger partial charge >= 0.3 is 0 Å². The number of carbonyl (C=O) groups is 1. The maximum absolute atomic E-state index is 11.2. The lowest BCUT2D eigenvalue weighted by molar-refractivity contribution is -0.120. The molecule has 0 radical (unpaired) electrons. The smallest absolute Gasteiger partial charge is 0.220 e. The highest BCUT2D eigenvalue weighted by molar-refractivity contribution is 9.09. The van der Waals surface area contributed by atoms with E-state index in [0.29, 0.717) is 11.2 Å². The van der Waals surface area contributed by atoms with E-state index in [2.05, 4.69) is 21.2 Å². The molecule has 1 fully saturated rings. The molecule has 2 nitrogen and oxygen atoms in total. The average Bonchev–Trinajstić information content (AvgIpc) is 2.93. The first-order valence-electron chi connectivity index (χ1n) is 4.63. The molecule has 0 spiro atoms. The van der Waals surface area contributed by atoms with Gasteiger partial charge in [0.2, 0.25) is 5.91 Å². The Kier molecular flexibility index (Phi) is 5.17. The maximum Gasteiger partial charge on any atom is 0.220 e. The van der Waals surface area contributed by atoms with Gasteiger partial charge in [-0.25, -0.2) is 0 Å². The molecule has 0 bridgehead atoms. The number of thioether (sulfide) groups is 1. The number of amides is 1. The third kappa shape index (κ3) is 4.91. The predicted octanol–water partition coefficient (Wildman–Crippen LogP) is 2.03. The topological polar surface area (TPSA) is 29.1 Å². The van der Waals surface area contributed by atoms with E-state index >= 15 is 0 Å². The second-order valence-corrected chi connectivity index (χ2v) is 5.56. The highest BCUT2D eigenvalue weighted by atomic mass is 79.9. The standard InChI is InChI=1S/C9H16BrNOS/c1-13-5-4-9(12)11-6-8(10)7-2-3-7/h7-8H,2-6H2,1H3,(H,11,12). The van der Waals surface area contributed by atoms with Crippen molar-refractivity contribution in [3.05, 3.63) is 0 Å². The van der Waals surface area contributed by atoms with Crippen molar-refractivity contribution < 1.29 is 4.79 Å². The van der Waals surface area contributed by atoms with E-state index in [1.165, 1.54) is 12.8 Å². The van der Waals surface area contributed by atoms with Crippen molar-refractivity contribution in [2.75, 3.05) is 18.6 Å². The summed E-state index contributed by atoms with van der Waals surface area (Å²) in [5.74, 6) is 1.91. The Hall–Kier alpha value is 0.300. The van der Waals surface area contributed by atoms with Crippen molar-refractivity contribution in [1.29, 1.82) is 0 Å². The van der Waals surface area contributed by atoms with Gasteiger partial charge in [-0.1, -0.05) is 15.9 Å². The molecule has 0 aromatic rings. The van der Waals surface area contributed by atoms with Crippen LogP contribution in [0.5, 0.6) is 0 Å². The molecule has 1 aliphatic rings. The van der Waals surface area contributed by atoms with E-state index in [0.717, 1.165) is 18.2 Å². The Labute approximate surface area is 92.4 Å². The van der Waals surface area contributed by atoms with Crippen LogP contribution in [0, 0.1) is 5.92 Å². The summed E-state index contributed by atoms with van der Waals surface area (Å²) in [6, 6.07) is 0. The molecule has 0 saturated heterocycles. The van der Waals surface area contributed by atoms with E-state index in [1.807, 2.05) is 6.26 Å². The van der Waals surface area contributed by atoms with Crippen molar-refractivity contribution in [2.45, 2.75) is 24.1 Å². The van der Waals surface area contributed by atoms with Gasteiger partial charge in [-0.3, -0.25) is 4.79 Å². The van der Waals surface area contributed by atoms with Gasteiger partial charge in [0.15, 0.2) is 0 Å². The molecule has 13 heavy (non-hydrogen) atoms. The zero-order valence-corrected chi connectivity index (χ0v) is 10.3. The van der Waals surface area contributed by atoms with E-state index in [1.54, 1.807) is 11.8 Å². The molecule has 1 amide bonds. The predicted molar refractivity (Wildman–Crippen MR) is 61.4 cm³/mol. The van der Waals surface area contributed by atoms with Crippen molar-refractivity contribution in [3.8, 4) is 0 Å². The number of hydrogen-bond donors (Lipinski definition) is 1. The molecule has 1 rings (SSSR count). The van der Waals surface area contributed by atoms with Crippen LogP contribution in [-0.2, 0) is 4.79 Å². The van der Waals surface area contributed by atoms with E-state index < -0.39 is 0 Å². The van der Waals surface area contributed by atoms with Crippen LogP contribution in [0.25, 0.3) is 0 Å². The Balaban J connectivity index is 2.00. The van der Waals surface area contributed by atoms with Gasteiger partial charge in [-0.2, -0.15) is 11.8 Å². The number of halogens is 1. The van der Waals surface area contributed by atoms with Gasteiger partial charge < -0.3 is 5.32 Å². The molecule has 0 aliphatic heterocycles. The first kappa shape index (κ1) is 11.4. The fourth-order valence-corrected chi connectivity index (χ4v) is 2.20. The van der Waals surface area contributed by atoms with Crippen LogP contribution in [0.3, 0.4) is 0 Å². The number of hydrogen-bond acceptors (Lipinski definition) is 2. The molecule has 1 saturated carbocycles. The molecule has 1 N–H and O–H groups in total. The third-order valence-electron chi connectivity index (χ3n) is 2.16. The van der Waals surface area contributed by atoms with E-state index in [4.69, 9.17) is 0 Å². The summed E-state index contributed by atoms with van der Waals surface area (Å²) in [7, 11) is 0. The minimum atomic E-state index is 0.180. The lowest BCUT2D eigenvalue weighted by atomic mass is 10.3. The van der Waals surface area contributed by atoms with E-state index in [9.17, 15) is 4.79 Å². The average molecular weight is 266 g/mol. The van der Waals surface area contributed by atoms with Crippen LogP contribution in [0.15, 0.2) is 0 Å². The lowest BCUT2D eigenvalue weighted by Gasteiger charge is -2.09. The summed E-state index contributed by atoms with van der Waals surface area (Å²) in [5, 5.41) is 2.94. The molecule has 76 valence electrons. The fourth-order valence-electron chi connectivity index (χ4n) is 1.12. The SMILES string of the molecule is CSCCC(=O)NCC(Br)C1CC1. The van der Waals surface area contributed by atoms with Gasteiger partial charge in [0.1, 0.15) is 0 Å².